The molecule has 3 nitrogen and oxygen atoms in total. The van der Waals surface area contributed by atoms with Crippen LogP contribution in [0.3, 0.4) is 0 Å². The summed E-state index contributed by atoms with van der Waals surface area (Å²) in [6, 6.07) is 26.9. The molecule has 2 heterocycles. The van der Waals surface area contributed by atoms with E-state index >= 15 is 0 Å². The number of alkyl halides is 3. The van der Waals surface area contributed by atoms with Crippen molar-refractivity contribution in [2.45, 2.75) is 36.9 Å². The molecule has 0 N–H and O–H groups in total. The SMILES string of the molecule is C1=CSc2ccccc2C=N1.FC(F)(F)Oc1ccc2nc(C3=c4ccc5c(c4CCC3)CC=c3ccccc3=5)cc(Cl)c2c1. The van der Waals surface area contributed by atoms with Crippen LogP contribution in [0.25, 0.3) is 22.6 Å². The molecular weight excluding hydrogens is 613 g/mol. The molecule has 0 amide bonds. The van der Waals surface area contributed by atoms with Gasteiger partial charge in [-0.15, -0.1) is 13.2 Å². The Morgan fingerprint density at radius 1 is 0.822 bits per heavy atom. The minimum Gasteiger partial charge on any atom is -0.406 e. The van der Waals surface area contributed by atoms with Gasteiger partial charge in [0, 0.05) is 28.3 Å². The number of halogens is 4. The first-order valence-corrected chi connectivity index (χ1v) is 15.8. The maximum absolute atomic E-state index is 12.6. The molecule has 0 saturated carbocycles. The molecule has 0 atom stereocenters. The molecule has 1 aliphatic heterocycles. The van der Waals surface area contributed by atoms with E-state index in [0.29, 0.717) is 15.9 Å². The standard InChI is InChI=1S/C28H19ClF3NO.C9H7NS/c29-25-15-27(33-26-13-9-17(14-24(25)26)34-28(30,31)32)23-7-3-6-19-21-10-8-16-4-1-2-5-18(16)20(21)11-12-22(19)23;1-2-4-9-8(3-1)7-10-5-6-11-9/h1-2,4-5,8-9,11-15H,3,6-7,10H2;1-7H. The zero-order valence-electron chi connectivity index (χ0n) is 23.9. The Hall–Kier alpha value is -4.33. The fraction of sp³-hybridized carbons (Fsp3) is 0.135. The van der Waals surface area contributed by atoms with Crippen LogP contribution in [0.15, 0.2) is 106 Å². The number of aliphatic imine (C=N–C) groups is 1. The van der Waals surface area contributed by atoms with Crippen molar-refractivity contribution >= 4 is 52.1 Å². The van der Waals surface area contributed by atoms with Crippen molar-refractivity contribution in [2.75, 3.05) is 0 Å². The minimum absolute atomic E-state index is 0.310. The molecule has 0 spiro atoms. The number of hydrogen-bond acceptors (Lipinski definition) is 4. The Kier molecular flexibility index (Phi) is 7.98. The number of ether oxygens (including phenoxy) is 1. The van der Waals surface area contributed by atoms with Crippen LogP contribution in [-0.4, -0.2) is 17.6 Å². The molecular formula is C37H26ClF3N2OS. The van der Waals surface area contributed by atoms with Crippen LogP contribution in [0.4, 0.5) is 13.2 Å². The van der Waals surface area contributed by atoms with Gasteiger partial charge in [-0.2, -0.15) is 0 Å². The molecule has 0 fully saturated rings. The lowest BCUT2D eigenvalue weighted by Gasteiger charge is -2.21. The van der Waals surface area contributed by atoms with Gasteiger partial charge >= 0.3 is 6.36 Å². The summed E-state index contributed by atoms with van der Waals surface area (Å²) in [5.41, 5.74) is 6.36. The first-order chi connectivity index (χ1) is 21.8. The molecule has 1 aromatic heterocycles. The third kappa shape index (κ3) is 6.15. The lowest BCUT2D eigenvalue weighted by Crippen LogP contribution is -2.23. The zero-order valence-corrected chi connectivity index (χ0v) is 25.5. The second-order valence-electron chi connectivity index (χ2n) is 10.9. The van der Waals surface area contributed by atoms with Crippen molar-refractivity contribution in [1.29, 1.82) is 0 Å². The van der Waals surface area contributed by atoms with Gasteiger partial charge in [0.2, 0.25) is 0 Å². The molecule has 8 rings (SSSR count). The molecule has 0 bridgehead atoms. The second kappa shape index (κ2) is 12.2. The highest BCUT2D eigenvalue weighted by atomic mass is 35.5. The van der Waals surface area contributed by atoms with Crippen LogP contribution in [0, 0.1) is 10.4 Å². The molecule has 3 aliphatic rings. The number of nitrogens with zero attached hydrogens (tertiary/aromatic N) is 2. The van der Waals surface area contributed by atoms with E-state index in [0.717, 1.165) is 37.0 Å². The number of aromatic nitrogens is 1. The maximum atomic E-state index is 12.6. The number of benzene rings is 4. The molecule has 0 unspecified atom stereocenters. The number of hydrogen-bond donors (Lipinski definition) is 0. The molecule has 5 aromatic rings. The van der Waals surface area contributed by atoms with Crippen LogP contribution >= 0.6 is 23.4 Å². The zero-order chi connectivity index (χ0) is 31.0. The normalized spacial score (nSPS) is 14.6. The van der Waals surface area contributed by atoms with E-state index in [9.17, 15) is 13.2 Å². The fourth-order valence-corrected chi connectivity index (χ4v) is 7.14. The first-order valence-electron chi connectivity index (χ1n) is 14.6. The molecule has 224 valence electrons. The van der Waals surface area contributed by atoms with Gasteiger partial charge in [0.1, 0.15) is 5.75 Å². The van der Waals surface area contributed by atoms with Crippen molar-refractivity contribution in [1.82, 2.24) is 4.98 Å². The largest absolute Gasteiger partial charge is 0.573 e. The van der Waals surface area contributed by atoms with Crippen molar-refractivity contribution in [2.24, 2.45) is 4.99 Å². The molecule has 4 aromatic carbocycles. The van der Waals surface area contributed by atoms with Crippen LogP contribution in [0.5, 0.6) is 5.75 Å². The predicted molar refractivity (Wildman–Crippen MR) is 176 cm³/mol. The lowest BCUT2D eigenvalue weighted by molar-refractivity contribution is -0.274. The quantitative estimate of drug-likeness (QED) is 0.194. The molecule has 0 saturated heterocycles. The lowest BCUT2D eigenvalue weighted by atomic mass is 9.85. The maximum Gasteiger partial charge on any atom is 0.573 e. The van der Waals surface area contributed by atoms with Crippen LogP contribution in [0.2, 0.25) is 5.02 Å². The van der Waals surface area contributed by atoms with E-state index in [1.165, 1.54) is 60.7 Å². The van der Waals surface area contributed by atoms with Gasteiger partial charge in [-0.25, -0.2) is 4.98 Å². The Balaban J connectivity index is 0.000000249. The average Bonchev–Trinajstić information content (AvgIpc) is 3.30. The van der Waals surface area contributed by atoms with Gasteiger partial charge in [-0.05, 0) is 99.0 Å². The minimum atomic E-state index is -4.76. The van der Waals surface area contributed by atoms with Crippen molar-refractivity contribution in [3.63, 3.8) is 0 Å². The van der Waals surface area contributed by atoms with Crippen LogP contribution < -0.4 is 15.2 Å². The molecule has 2 aliphatic carbocycles. The monoisotopic (exact) mass is 638 g/mol. The van der Waals surface area contributed by atoms with Gasteiger partial charge < -0.3 is 4.74 Å². The van der Waals surface area contributed by atoms with Gasteiger partial charge in [0.25, 0.3) is 0 Å². The van der Waals surface area contributed by atoms with Crippen molar-refractivity contribution < 1.29 is 17.9 Å². The molecule has 0 radical (unpaired) electrons. The van der Waals surface area contributed by atoms with E-state index in [1.807, 2.05) is 30.0 Å². The number of rotatable bonds is 2. The van der Waals surface area contributed by atoms with E-state index in [-0.39, 0.29) is 5.75 Å². The van der Waals surface area contributed by atoms with E-state index in [2.05, 4.69) is 64.3 Å². The highest BCUT2D eigenvalue weighted by molar-refractivity contribution is 8.02. The van der Waals surface area contributed by atoms with E-state index in [4.69, 9.17) is 16.6 Å². The number of thioether (sulfide) groups is 1. The first kappa shape index (κ1) is 29.4. The Labute approximate surface area is 266 Å². The average molecular weight is 639 g/mol. The Morgan fingerprint density at radius 2 is 1.64 bits per heavy atom. The van der Waals surface area contributed by atoms with Crippen molar-refractivity contribution in [3.05, 3.63) is 145 Å². The molecule has 45 heavy (non-hydrogen) atoms. The van der Waals surface area contributed by atoms with Crippen LogP contribution in [-0.2, 0) is 12.8 Å². The number of pyridine rings is 1. The highest BCUT2D eigenvalue weighted by Crippen LogP contribution is 2.33. The summed E-state index contributed by atoms with van der Waals surface area (Å²) >= 11 is 8.23. The summed E-state index contributed by atoms with van der Waals surface area (Å²) in [6.45, 7) is 0. The topological polar surface area (TPSA) is 34.5 Å². The molecule has 8 heteroatoms. The fourth-order valence-electron chi connectivity index (χ4n) is 6.19. The van der Waals surface area contributed by atoms with Gasteiger partial charge in [-0.1, -0.05) is 84.0 Å². The summed E-state index contributed by atoms with van der Waals surface area (Å²) in [4.78, 5) is 10.1. The van der Waals surface area contributed by atoms with E-state index in [1.54, 1.807) is 17.8 Å². The smallest absolute Gasteiger partial charge is 0.406 e. The summed E-state index contributed by atoms with van der Waals surface area (Å²) in [5, 5.41) is 7.79. The van der Waals surface area contributed by atoms with E-state index < -0.39 is 6.36 Å². The highest BCUT2D eigenvalue weighted by Gasteiger charge is 2.31. The second-order valence-corrected chi connectivity index (χ2v) is 12.2. The summed E-state index contributed by atoms with van der Waals surface area (Å²) < 4.78 is 41.9. The van der Waals surface area contributed by atoms with Gasteiger partial charge in [0.05, 0.1) is 16.2 Å². The third-order valence-electron chi connectivity index (χ3n) is 8.13. The van der Waals surface area contributed by atoms with Gasteiger partial charge in [-0.3, -0.25) is 4.99 Å². The summed E-state index contributed by atoms with van der Waals surface area (Å²) in [7, 11) is 0. The summed E-state index contributed by atoms with van der Waals surface area (Å²) in [6.07, 6.45) is 5.02. The third-order valence-corrected chi connectivity index (χ3v) is 9.33. The van der Waals surface area contributed by atoms with Gasteiger partial charge in [0.15, 0.2) is 0 Å². The van der Waals surface area contributed by atoms with Crippen molar-refractivity contribution in [3.8, 4) is 5.75 Å². The Bertz CT molecular complexity index is 2250. The number of fused-ring (bicyclic) bond motifs is 6. The summed E-state index contributed by atoms with van der Waals surface area (Å²) in [5.74, 6) is -0.310. The Morgan fingerprint density at radius 3 is 2.53 bits per heavy atom. The predicted octanol–water partition coefficient (Wildman–Crippen LogP) is 8.63. The van der Waals surface area contributed by atoms with Crippen LogP contribution in [0.1, 0.15) is 35.2 Å².